The van der Waals surface area contributed by atoms with Crippen molar-refractivity contribution in [2.24, 2.45) is 0 Å². The second-order valence-corrected chi connectivity index (χ2v) is 11.7. The van der Waals surface area contributed by atoms with E-state index in [4.69, 9.17) is 0 Å². The third-order valence-corrected chi connectivity index (χ3v) is 9.20. The molecule has 2 aromatic heterocycles. The van der Waals surface area contributed by atoms with Gasteiger partial charge in [0.2, 0.25) is 11.6 Å². The van der Waals surface area contributed by atoms with E-state index in [1.54, 1.807) is 24.3 Å². The number of aliphatic carboxylic acids is 2. The molecule has 4 heterocycles. The van der Waals surface area contributed by atoms with E-state index < -0.39 is 23.8 Å². The van der Waals surface area contributed by atoms with Gasteiger partial charge >= 0.3 is 23.1 Å². The van der Waals surface area contributed by atoms with Gasteiger partial charge in [-0.05, 0) is 37.5 Å². The Morgan fingerprint density at radius 3 is 1.30 bits per heavy atom. The Kier molecular flexibility index (Phi) is 10.6. The molecule has 2 unspecified atom stereocenters. The monoisotopic (exact) mass is 624 g/mol. The molecule has 0 fully saturated rings. The number of carbonyl (C=O) groups excluding carboxylic acids is 4. The Hall–Kier alpha value is -3.25. The Morgan fingerprint density at radius 1 is 0.651 bits per heavy atom. The molecule has 4 aromatic rings. The fourth-order valence-electron chi connectivity index (χ4n) is 5.67. The molecule has 0 amide bonds. The number of hydrogen-bond acceptors (Lipinski definition) is 8. The Bertz CT molecular complexity index is 1540. The van der Waals surface area contributed by atoms with Crippen LogP contribution in [0.15, 0.2) is 82.6 Å². The van der Waals surface area contributed by atoms with Crippen LogP contribution in [0.25, 0.3) is 0 Å². The molecule has 0 saturated carbocycles. The molecule has 0 aliphatic carbocycles. The summed E-state index contributed by atoms with van der Waals surface area (Å²) in [7, 11) is 0. The quantitative estimate of drug-likeness (QED) is 0.167. The third-order valence-electron chi connectivity index (χ3n) is 7.70. The second-order valence-electron chi connectivity index (χ2n) is 9.99. The van der Waals surface area contributed by atoms with E-state index in [1.807, 2.05) is 70.2 Å². The first-order valence-corrected chi connectivity index (χ1v) is 15.9. The predicted octanol–water partition coefficient (Wildman–Crippen LogP) is 2.98. The number of ketones is 2. The number of nitrogens with zero attached hydrogens (tertiary/aromatic N) is 2. The first kappa shape index (κ1) is 32.7. The first-order valence-electron chi connectivity index (χ1n) is 13.4. The van der Waals surface area contributed by atoms with E-state index >= 15 is 0 Å². The molecule has 2 aromatic carbocycles. The van der Waals surface area contributed by atoms with Gasteiger partial charge in [0.15, 0.2) is 0 Å². The maximum Gasteiger partial charge on any atom is 2.00 e. The smallest absolute Gasteiger partial charge is 0.549 e. The SMILES string of the molecule is CSc1cc2n(c1C(=O)c1ccccc1)CCC2C(=O)[O-].CSc1cc2n(c1C(=O)c1ccccc1)CCC2C(=O)[O-].[Mg+2]. The van der Waals surface area contributed by atoms with Gasteiger partial charge < -0.3 is 28.9 Å². The number of carbonyl (C=O) groups is 4. The predicted molar refractivity (Wildman–Crippen MR) is 163 cm³/mol. The van der Waals surface area contributed by atoms with Gasteiger partial charge in [0, 0.05) is 57.2 Å². The number of carboxylic acid groups (broad SMARTS) is 2. The van der Waals surface area contributed by atoms with Gasteiger partial charge in [-0.15, -0.1) is 23.5 Å². The number of fused-ring (bicyclic) bond motifs is 2. The zero-order chi connectivity index (χ0) is 30.0. The fourth-order valence-corrected chi connectivity index (χ4v) is 6.94. The normalized spacial score (nSPS) is 16.3. The van der Waals surface area contributed by atoms with Crippen molar-refractivity contribution in [1.82, 2.24) is 9.13 Å². The van der Waals surface area contributed by atoms with Gasteiger partial charge in [-0.2, -0.15) is 0 Å². The molecule has 0 N–H and O–H groups in total. The number of thioether (sulfide) groups is 2. The van der Waals surface area contributed by atoms with Gasteiger partial charge in [-0.1, -0.05) is 60.7 Å². The van der Waals surface area contributed by atoms with Crippen LogP contribution in [0.1, 0.15) is 68.2 Å². The van der Waals surface area contributed by atoms with Crippen LogP contribution in [-0.2, 0) is 22.7 Å². The molecule has 0 bridgehead atoms. The average molecular weight is 625 g/mol. The molecule has 0 saturated heterocycles. The summed E-state index contributed by atoms with van der Waals surface area (Å²) in [4.78, 5) is 49.5. The van der Waals surface area contributed by atoms with Crippen molar-refractivity contribution in [1.29, 1.82) is 0 Å². The molecule has 8 nitrogen and oxygen atoms in total. The molecule has 216 valence electrons. The van der Waals surface area contributed by atoms with E-state index in [0.29, 0.717) is 59.8 Å². The van der Waals surface area contributed by atoms with E-state index in [9.17, 15) is 29.4 Å². The van der Waals surface area contributed by atoms with Crippen molar-refractivity contribution < 1.29 is 29.4 Å². The zero-order valence-corrected chi connectivity index (χ0v) is 26.8. The Labute approximate surface area is 274 Å². The number of carboxylic acids is 2. The molecular weight excluding hydrogens is 597 g/mol. The summed E-state index contributed by atoms with van der Waals surface area (Å²) in [6.45, 7) is 1.09. The zero-order valence-electron chi connectivity index (χ0n) is 23.8. The van der Waals surface area contributed by atoms with Crippen LogP contribution in [0, 0.1) is 0 Å². The van der Waals surface area contributed by atoms with Crippen LogP contribution in [0.3, 0.4) is 0 Å². The molecule has 0 spiro atoms. The molecule has 43 heavy (non-hydrogen) atoms. The summed E-state index contributed by atoms with van der Waals surface area (Å²) in [5.41, 5.74) is 3.77. The van der Waals surface area contributed by atoms with Crippen LogP contribution in [0.4, 0.5) is 0 Å². The van der Waals surface area contributed by atoms with Crippen molar-refractivity contribution in [3.05, 3.63) is 107 Å². The number of rotatable bonds is 8. The van der Waals surface area contributed by atoms with E-state index in [0.717, 1.165) is 9.79 Å². The maximum atomic E-state index is 12.7. The molecule has 2 atom stereocenters. The van der Waals surface area contributed by atoms with E-state index in [1.165, 1.54) is 23.5 Å². The van der Waals surface area contributed by atoms with Crippen LogP contribution >= 0.6 is 23.5 Å². The van der Waals surface area contributed by atoms with Crippen molar-refractivity contribution in [3.8, 4) is 0 Å². The van der Waals surface area contributed by atoms with Crippen LogP contribution in [0.5, 0.6) is 0 Å². The number of hydrogen-bond donors (Lipinski definition) is 0. The molecule has 6 rings (SSSR count). The Balaban J connectivity index is 0.000000192. The fraction of sp³-hybridized carbons (Fsp3) is 0.250. The van der Waals surface area contributed by atoms with E-state index in [-0.39, 0.29) is 34.6 Å². The van der Waals surface area contributed by atoms with Crippen molar-refractivity contribution in [3.63, 3.8) is 0 Å². The summed E-state index contributed by atoms with van der Waals surface area (Å²) >= 11 is 2.92. The van der Waals surface area contributed by atoms with Gasteiger partial charge in [0.25, 0.3) is 0 Å². The largest absolute Gasteiger partial charge is 2.00 e. The van der Waals surface area contributed by atoms with Crippen LogP contribution in [-0.4, -0.2) is 68.2 Å². The maximum absolute atomic E-state index is 12.7. The second kappa shape index (κ2) is 14.0. The Morgan fingerprint density at radius 2 is 1.00 bits per heavy atom. The van der Waals surface area contributed by atoms with Crippen LogP contribution in [0.2, 0.25) is 0 Å². The summed E-state index contributed by atoms with van der Waals surface area (Å²) in [5.74, 6) is -3.51. The molecular formula is C32H28MgN2O6S2. The average Bonchev–Trinajstić information content (AvgIpc) is 3.77. The van der Waals surface area contributed by atoms with Gasteiger partial charge in [-0.25, -0.2) is 0 Å². The van der Waals surface area contributed by atoms with Crippen molar-refractivity contribution in [2.75, 3.05) is 12.5 Å². The number of benzene rings is 2. The summed E-state index contributed by atoms with van der Waals surface area (Å²) in [6.07, 6.45) is 4.75. The molecule has 11 heteroatoms. The summed E-state index contributed by atoms with van der Waals surface area (Å²) in [5, 5.41) is 22.4. The molecule has 2 aliphatic rings. The minimum atomic E-state index is -1.07. The van der Waals surface area contributed by atoms with Crippen molar-refractivity contribution >= 4 is 70.1 Å². The van der Waals surface area contributed by atoms with Gasteiger partial charge in [0.05, 0.1) is 11.9 Å². The third kappa shape index (κ3) is 6.35. The molecule has 0 radical (unpaired) electrons. The summed E-state index contributed by atoms with van der Waals surface area (Å²) in [6, 6.07) is 21.7. The van der Waals surface area contributed by atoms with Crippen molar-refractivity contribution in [2.45, 2.75) is 47.6 Å². The van der Waals surface area contributed by atoms with E-state index in [2.05, 4.69) is 0 Å². The topological polar surface area (TPSA) is 124 Å². The van der Waals surface area contributed by atoms with Crippen LogP contribution < -0.4 is 10.2 Å². The minimum absolute atomic E-state index is 0. The molecule has 2 aliphatic heterocycles. The summed E-state index contributed by atoms with van der Waals surface area (Å²) < 4.78 is 3.67. The first-order chi connectivity index (χ1) is 20.3. The van der Waals surface area contributed by atoms with Gasteiger partial charge in [-0.3, -0.25) is 9.59 Å². The minimum Gasteiger partial charge on any atom is -0.549 e. The van der Waals surface area contributed by atoms with Gasteiger partial charge in [0.1, 0.15) is 11.4 Å². The number of aromatic nitrogens is 2. The standard InChI is InChI=1S/2C16H15NO3S.Mg/c2*1-21-13-9-12-11(16(19)20)7-8-17(12)14(13)15(18)10-5-3-2-4-6-10;/h2*2-6,9,11H,7-8H2,1H3,(H,19,20);/q;;+2/p-2.